The number of rotatable bonds is 11. The highest BCUT2D eigenvalue weighted by Crippen LogP contribution is 2.41. The lowest BCUT2D eigenvalue weighted by molar-refractivity contribution is 0.207. The number of allylic oxidation sites excluding steroid dienone is 1. The van der Waals surface area contributed by atoms with Gasteiger partial charge in [0.25, 0.3) is 0 Å². The van der Waals surface area contributed by atoms with Gasteiger partial charge in [0.1, 0.15) is 3.53 Å². The molecule has 1 aromatic carbocycles. The molecular formula is C21H29NOS3. The summed E-state index contributed by atoms with van der Waals surface area (Å²) >= 11 is 8.80. The van der Waals surface area contributed by atoms with E-state index in [1.165, 1.54) is 5.56 Å². The Bertz CT molecular complexity index is 597. The quantitative estimate of drug-likeness (QED) is 0.350. The van der Waals surface area contributed by atoms with E-state index < -0.39 is 5.41 Å². The van der Waals surface area contributed by atoms with Gasteiger partial charge in [-0.25, -0.2) is 0 Å². The van der Waals surface area contributed by atoms with Crippen molar-refractivity contribution in [1.29, 1.82) is 5.26 Å². The summed E-state index contributed by atoms with van der Waals surface area (Å²) in [5.41, 5.74) is 0.613. The smallest absolute Gasteiger partial charge is 0.104 e. The Morgan fingerprint density at radius 2 is 2.04 bits per heavy atom. The lowest BCUT2D eigenvalue weighted by Crippen LogP contribution is -2.25. The molecular weight excluding hydrogens is 378 g/mol. The van der Waals surface area contributed by atoms with Gasteiger partial charge in [-0.2, -0.15) is 5.26 Å². The van der Waals surface area contributed by atoms with Gasteiger partial charge in [-0.05, 0) is 43.9 Å². The summed E-state index contributed by atoms with van der Waals surface area (Å²) in [5.74, 6) is 2.10. The molecule has 0 fully saturated rings. The monoisotopic (exact) mass is 407 g/mol. The number of hydrogen-bond donors (Lipinski definition) is 1. The van der Waals surface area contributed by atoms with E-state index in [1.807, 2.05) is 25.1 Å². The van der Waals surface area contributed by atoms with Crippen LogP contribution in [0.2, 0.25) is 0 Å². The highest BCUT2D eigenvalue weighted by Gasteiger charge is 2.34. The molecule has 0 saturated heterocycles. The molecule has 2 nitrogen and oxygen atoms in total. The van der Waals surface area contributed by atoms with Gasteiger partial charge in [0.2, 0.25) is 0 Å². The topological polar surface area (TPSA) is 44.0 Å². The van der Waals surface area contributed by atoms with Gasteiger partial charge >= 0.3 is 0 Å². The van der Waals surface area contributed by atoms with E-state index in [4.69, 9.17) is 12.2 Å². The zero-order valence-corrected chi connectivity index (χ0v) is 18.1. The first-order chi connectivity index (χ1) is 12.6. The third-order valence-corrected chi connectivity index (χ3v) is 7.22. The average molecular weight is 408 g/mol. The van der Waals surface area contributed by atoms with Crippen LogP contribution in [0.1, 0.15) is 51.0 Å². The van der Waals surface area contributed by atoms with Gasteiger partial charge in [0.15, 0.2) is 0 Å². The summed E-state index contributed by atoms with van der Waals surface area (Å²) in [6.45, 7) is 4.16. The molecule has 0 amide bonds. The maximum atomic E-state index is 9.72. The molecule has 0 aliphatic heterocycles. The fourth-order valence-corrected chi connectivity index (χ4v) is 4.85. The van der Waals surface area contributed by atoms with Crippen molar-refractivity contribution in [2.75, 3.05) is 18.1 Å². The largest absolute Gasteiger partial charge is 0.396 e. The molecule has 0 aromatic heterocycles. The minimum absolute atomic E-state index is 0.0345. The lowest BCUT2D eigenvalue weighted by atomic mass is 9.70. The van der Waals surface area contributed by atoms with Crippen LogP contribution in [-0.4, -0.2) is 26.7 Å². The van der Waals surface area contributed by atoms with Crippen molar-refractivity contribution in [3.05, 3.63) is 48.0 Å². The Hall–Kier alpha value is -0.800. The number of nitrogens with zero attached hydrogens (tertiary/aromatic N) is 1. The van der Waals surface area contributed by atoms with E-state index in [0.717, 1.165) is 34.3 Å². The molecule has 0 spiro atoms. The number of nitriles is 1. The number of aliphatic hydroxyl groups is 1. The molecule has 0 aliphatic carbocycles. The highest BCUT2D eigenvalue weighted by molar-refractivity contribution is 8.47. The van der Waals surface area contributed by atoms with Crippen molar-refractivity contribution in [3.63, 3.8) is 0 Å². The van der Waals surface area contributed by atoms with Gasteiger partial charge in [-0.15, -0.1) is 23.5 Å². The van der Waals surface area contributed by atoms with Crippen LogP contribution in [0.25, 0.3) is 0 Å². The van der Waals surface area contributed by atoms with Gasteiger partial charge in [-0.3, -0.25) is 0 Å². The maximum absolute atomic E-state index is 9.72. The zero-order chi connectivity index (χ0) is 19.3. The molecule has 1 N–H and O–H groups in total. The van der Waals surface area contributed by atoms with Crippen molar-refractivity contribution in [2.45, 2.75) is 45.4 Å². The van der Waals surface area contributed by atoms with Crippen LogP contribution in [0.15, 0.2) is 42.5 Å². The molecule has 0 bridgehead atoms. The summed E-state index contributed by atoms with van der Waals surface area (Å²) in [4.78, 5) is 0. The summed E-state index contributed by atoms with van der Waals surface area (Å²) in [6.07, 6.45) is 7.80. The standard InChI is InChI=1S/C21H29NOS3/c1-3-15-25-20(24)26-16-9-5-8-12-19(18-10-6-4-7-11-18)21(2,17-22)13-14-23/h4-7,9-11,19,23H,3,8,12-16H2,1-2H3/b9-5+. The van der Waals surface area contributed by atoms with Crippen molar-refractivity contribution >= 4 is 39.3 Å². The molecule has 26 heavy (non-hydrogen) atoms. The van der Waals surface area contributed by atoms with E-state index in [2.05, 4.69) is 37.3 Å². The first-order valence-corrected chi connectivity index (χ1v) is 11.5. The van der Waals surface area contributed by atoms with Gasteiger partial charge in [0.05, 0.1) is 11.5 Å². The Kier molecular flexibility index (Phi) is 12.0. The Morgan fingerprint density at radius 1 is 1.31 bits per heavy atom. The number of thiocarbonyl (C=S) groups is 1. The molecule has 1 aromatic rings. The summed E-state index contributed by atoms with van der Waals surface area (Å²) < 4.78 is 1.01. The molecule has 5 heteroatoms. The van der Waals surface area contributed by atoms with Crippen molar-refractivity contribution in [3.8, 4) is 6.07 Å². The molecule has 0 aliphatic rings. The molecule has 2 atom stereocenters. The molecule has 0 radical (unpaired) electrons. The van der Waals surface area contributed by atoms with E-state index in [9.17, 15) is 10.4 Å². The van der Waals surface area contributed by atoms with Crippen molar-refractivity contribution < 1.29 is 5.11 Å². The number of aliphatic hydroxyl groups excluding tert-OH is 1. The molecule has 0 heterocycles. The fourth-order valence-electron chi connectivity index (χ4n) is 2.87. The van der Waals surface area contributed by atoms with E-state index >= 15 is 0 Å². The molecule has 1 rings (SSSR count). The average Bonchev–Trinajstić information content (AvgIpc) is 2.66. The van der Waals surface area contributed by atoms with Crippen LogP contribution >= 0.6 is 35.7 Å². The van der Waals surface area contributed by atoms with E-state index in [1.54, 1.807) is 23.5 Å². The van der Waals surface area contributed by atoms with Crippen LogP contribution in [-0.2, 0) is 0 Å². The number of thioether (sulfide) groups is 2. The van der Waals surface area contributed by atoms with Gasteiger partial charge in [0, 0.05) is 18.3 Å². The first kappa shape index (κ1) is 23.2. The normalized spacial score (nSPS) is 14.7. The van der Waals surface area contributed by atoms with Crippen LogP contribution in [0, 0.1) is 16.7 Å². The van der Waals surface area contributed by atoms with Crippen LogP contribution < -0.4 is 0 Å². The van der Waals surface area contributed by atoms with Gasteiger partial charge in [-0.1, -0.05) is 61.6 Å². The predicted molar refractivity (Wildman–Crippen MR) is 121 cm³/mol. The maximum Gasteiger partial charge on any atom is 0.104 e. The first-order valence-electron chi connectivity index (χ1n) is 9.09. The van der Waals surface area contributed by atoms with Crippen LogP contribution in [0.3, 0.4) is 0 Å². The second-order valence-corrected chi connectivity index (χ2v) is 9.74. The van der Waals surface area contributed by atoms with Crippen LogP contribution in [0.4, 0.5) is 0 Å². The zero-order valence-electron chi connectivity index (χ0n) is 15.7. The van der Waals surface area contributed by atoms with Gasteiger partial charge < -0.3 is 5.11 Å². The number of benzene rings is 1. The highest BCUT2D eigenvalue weighted by atomic mass is 32.2. The molecule has 2 unspecified atom stereocenters. The third kappa shape index (κ3) is 8.26. The van der Waals surface area contributed by atoms with Crippen molar-refractivity contribution in [1.82, 2.24) is 0 Å². The molecule has 142 valence electrons. The predicted octanol–water partition coefficient (Wildman–Crippen LogP) is 6.18. The summed E-state index contributed by atoms with van der Waals surface area (Å²) in [5, 5.41) is 19.1. The Morgan fingerprint density at radius 3 is 2.65 bits per heavy atom. The minimum Gasteiger partial charge on any atom is -0.396 e. The van der Waals surface area contributed by atoms with E-state index in [-0.39, 0.29) is 12.5 Å². The Labute approximate surface area is 172 Å². The lowest BCUT2D eigenvalue weighted by Gasteiger charge is -2.31. The minimum atomic E-state index is -0.558. The second kappa shape index (κ2) is 13.4. The Balaban J connectivity index is 2.61. The SMILES string of the molecule is CCCSC(=S)SC/C=C/CCC(c1ccccc1)C(C)(C#N)CCO. The summed E-state index contributed by atoms with van der Waals surface area (Å²) in [6, 6.07) is 12.6. The second-order valence-electron chi connectivity index (χ2n) is 6.42. The molecule has 0 saturated carbocycles. The van der Waals surface area contributed by atoms with E-state index in [0.29, 0.717) is 6.42 Å². The third-order valence-electron chi connectivity index (χ3n) is 4.37. The number of hydrogen-bond acceptors (Lipinski definition) is 5. The van der Waals surface area contributed by atoms with Crippen LogP contribution in [0.5, 0.6) is 0 Å². The fraction of sp³-hybridized carbons (Fsp3) is 0.524. The summed E-state index contributed by atoms with van der Waals surface area (Å²) in [7, 11) is 0. The van der Waals surface area contributed by atoms with Crippen molar-refractivity contribution in [2.24, 2.45) is 5.41 Å².